The summed E-state index contributed by atoms with van der Waals surface area (Å²) < 4.78 is 0. The largest absolute Gasteiger partial charge is 0.399 e. The van der Waals surface area contributed by atoms with Gasteiger partial charge < -0.3 is 16.0 Å². The summed E-state index contributed by atoms with van der Waals surface area (Å²) in [6.45, 7) is 9.74. The molecule has 0 heterocycles. The monoisotopic (exact) mass is 305 g/mol. The van der Waals surface area contributed by atoms with Gasteiger partial charge in [0.1, 0.15) is 0 Å². The Bertz CT molecular complexity index is 444. The number of aryl methyl sites for hydroxylation is 1. The maximum atomic E-state index is 12.0. The Hall–Kier alpha value is -1.55. The van der Waals surface area contributed by atoms with Crippen LogP contribution in [0.25, 0.3) is 0 Å². The minimum atomic E-state index is 0.110. The number of amides is 1. The summed E-state index contributed by atoms with van der Waals surface area (Å²) in [7, 11) is 0. The lowest BCUT2D eigenvalue weighted by Gasteiger charge is -2.19. The molecule has 4 heteroatoms. The summed E-state index contributed by atoms with van der Waals surface area (Å²) in [5, 5.41) is 3.08. The first-order valence-electron chi connectivity index (χ1n) is 8.41. The van der Waals surface area contributed by atoms with Crippen LogP contribution < -0.4 is 11.1 Å². The average molecular weight is 305 g/mol. The molecule has 1 amide bonds. The summed E-state index contributed by atoms with van der Waals surface area (Å²) in [6.07, 6.45) is 3.34. The summed E-state index contributed by atoms with van der Waals surface area (Å²) in [5.74, 6) is 0.110. The Morgan fingerprint density at radius 1 is 1.27 bits per heavy atom. The van der Waals surface area contributed by atoms with Crippen molar-refractivity contribution in [3.63, 3.8) is 0 Å². The van der Waals surface area contributed by atoms with E-state index in [0.717, 1.165) is 43.7 Å². The summed E-state index contributed by atoms with van der Waals surface area (Å²) in [4.78, 5) is 14.4. The molecule has 0 fully saturated rings. The van der Waals surface area contributed by atoms with Gasteiger partial charge in [-0.3, -0.25) is 4.79 Å². The molecular formula is C18H31N3O. The van der Waals surface area contributed by atoms with Gasteiger partial charge in [0.25, 0.3) is 0 Å². The Kier molecular flexibility index (Phi) is 8.60. The zero-order chi connectivity index (χ0) is 16.4. The van der Waals surface area contributed by atoms with E-state index in [2.05, 4.69) is 31.0 Å². The molecular weight excluding hydrogens is 274 g/mol. The molecule has 1 unspecified atom stereocenters. The summed E-state index contributed by atoms with van der Waals surface area (Å²) in [5.41, 5.74) is 7.71. The third kappa shape index (κ3) is 6.94. The van der Waals surface area contributed by atoms with Crippen LogP contribution in [-0.4, -0.2) is 36.5 Å². The molecule has 0 aliphatic rings. The van der Waals surface area contributed by atoms with Gasteiger partial charge in [-0.05, 0) is 57.5 Å². The maximum absolute atomic E-state index is 12.0. The Labute approximate surface area is 135 Å². The highest BCUT2D eigenvalue weighted by atomic mass is 16.1. The number of nitrogens with one attached hydrogen (secondary N) is 1. The van der Waals surface area contributed by atoms with Crippen LogP contribution in [0.2, 0.25) is 0 Å². The summed E-state index contributed by atoms with van der Waals surface area (Å²) in [6, 6.07) is 7.96. The number of nitrogen functional groups attached to an aromatic ring is 1. The Balaban J connectivity index is 2.22. The second-order valence-corrected chi connectivity index (χ2v) is 5.84. The lowest BCUT2D eigenvalue weighted by atomic mass is 10.1. The Morgan fingerprint density at radius 3 is 2.59 bits per heavy atom. The second kappa shape index (κ2) is 10.2. The van der Waals surface area contributed by atoms with Gasteiger partial charge in [0.05, 0.1) is 0 Å². The number of hydrogen-bond acceptors (Lipinski definition) is 3. The lowest BCUT2D eigenvalue weighted by molar-refractivity contribution is -0.121. The molecule has 0 aromatic heterocycles. The van der Waals surface area contributed by atoms with E-state index in [1.54, 1.807) is 0 Å². The van der Waals surface area contributed by atoms with Crippen molar-refractivity contribution in [3.05, 3.63) is 29.8 Å². The van der Waals surface area contributed by atoms with E-state index in [1.807, 2.05) is 24.3 Å². The average Bonchev–Trinajstić information content (AvgIpc) is 2.51. The number of rotatable bonds is 10. The number of benzene rings is 1. The first kappa shape index (κ1) is 18.5. The second-order valence-electron chi connectivity index (χ2n) is 5.84. The highest BCUT2D eigenvalue weighted by Crippen LogP contribution is 2.12. The van der Waals surface area contributed by atoms with Crippen molar-refractivity contribution in [1.82, 2.24) is 10.2 Å². The molecule has 0 radical (unpaired) electrons. The van der Waals surface area contributed by atoms with Crippen LogP contribution in [-0.2, 0) is 11.2 Å². The molecule has 0 aliphatic heterocycles. The molecule has 1 aromatic carbocycles. The van der Waals surface area contributed by atoms with Gasteiger partial charge in [-0.1, -0.05) is 32.0 Å². The third-order valence-electron chi connectivity index (χ3n) is 4.09. The first-order valence-corrected chi connectivity index (χ1v) is 8.41. The Morgan fingerprint density at radius 2 is 1.95 bits per heavy atom. The van der Waals surface area contributed by atoms with Crippen LogP contribution in [0.1, 0.15) is 45.6 Å². The van der Waals surface area contributed by atoms with Gasteiger partial charge in [-0.25, -0.2) is 0 Å². The predicted octanol–water partition coefficient (Wildman–Crippen LogP) is 2.83. The van der Waals surface area contributed by atoms with Crippen LogP contribution in [0.5, 0.6) is 0 Å². The number of nitrogens with two attached hydrogens (primary N) is 1. The molecule has 0 aliphatic carbocycles. The van der Waals surface area contributed by atoms with Crippen molar-refractivity contribution in [2.75, 3.05) is 25.4 Å². The van der Waals surface area contributed by atoms with Gasteiger partial charge >= 0.3 is 0 Å². The lowest BCUT2D eigenvalue weighted by Crippen LogP contribution is -2.33. The molecule has 0 bridgehead atoms. The normalized spacial score (nSPS) is 12.4. The zero-order valence-electron chi connectivity index (χ0n) is 14.3. The van der Waals surface area contributed by atoms with E-state index < -0.39 is 0 Å². The number of carbonyl (C=O) groups is 1. The maximum Gasteiger partial charge on any atom is 0.220 e. The van der Waals surface area contributed by atoms with Gasteiger partial charge in [-0.15, -0.1) is 0 Å². The standard InChI is InChI=1S/C18H31N3O/c1-4-21(5-2)14-8-9-15(3)20-18(22)13-12-16-10-6-7-11-17(16)19/h6-7,10-11,15H,4-5,8-9,12-14,19H2,1-3H3,(H,20,22). The molecule has 3 N–H and O–H groups in total. The van der Waals surface area contributed by atoms with Crippen LogP contribution in [0.15, 0.2) is 24.3 Å². The van der Waals surface area contributed by atoms with E-state index in [0.29, 0.717) is 12.8 Å². The van der Waals surface area contributed by atoms with Crippen molar-refractivity contribution in [3.8, 4) is 0 Å². The molecule has 0 saturated carbocycles. The fourth-order valence-electron chi connectivity index (χ4n) is 2.59. The van der Waals surface area contributed by atoms with Crippen LogP contribution >= 0.6 is 0 Å². The van der Waals surface area contributed by atoms with Gasteiger partial charge in [-0.2, -0.15) is 0 Å². The van der Waals surface area contributed by atoms with Crippen molar-refractivity contribution in [1.29, 1.82) is 0 Å². The minimum Gasteiger partial charge on any atom is -0.399 e. The SMILES string of the molecule is CCN(CC)CCCC(C)NC(=O)CCc1ccccc1N. The van der Waals surface area contributed by atoms with Crippen LogP contribution in [0, 0.1) is 0 Å². The number of para-hydroxylation sites is 1. The van der Waals surface area contributed by atoms with Gasteiger partial charge in [0, 0.05) is 18.2 Å². The third-order valence-corrected chi connectivity index (χ3v) is 4.09. The molecule has 0 spiro atoms. The van der Waals surface area contributed by atoms with E-state index in [-0.39, 0.29) is 11.9 Å². The highest BCUT2D eigenvalue weighted by molar-refractivity contribution is 5.76. The van der Waals surface area contributed by atoms with Gasteiger partial charge in [0.2, 0.25) is 5.91 Å². The van der Waals surface area contributed by atoms with Gasteiger partial charge in [0.15, 0.2) is 0 Å². The van der Waals surface area contributed by atoms with E-state index in [9.17, 15) is 4.79 Å². The van der Waals surface area contributed by atoms with Crippen LogP contribution in [0.3, 0.4) is 0 Å². The molecule has 1 rings (SSSR count). The van der Waals surface area contributed by atoms with Crippen LogP contribution in [0.4, 0.5) is 5.69 Å². The molecule has 22 heavy (non-hydrogen) atoms. The molecule has 1 aromatic rings. The van der Waals surface area contributed by atoms with Crippen molar-refractivity contribution in [2.45, 2.75) is 52.5 Å². The van der Waals surface area contributed by atoms with Crippen molar-refractivity contribution >= 4 is 11.6 Å². The van der Waals surface area contributed by atoms with Crippen molar-refractivity contribution < 1.29 is 4.79 Å². The molecule has 1 atom stereocenters. The van der Waals surface area contributed by atoms with E-state index in [4.69, 9.17) is 5.73 Å². The number of nitrogens with zero attached hydrogens (tertiary/aromatic N) is 1. The summed E-state index contributed by atoms with van der Waals surface area (Å²) >= 11 is 0. The quantitative estimate of drug-likeness (QED) is 0.654. The number of anilines is 1. The predicted molar refractivity (Wildman–Crippen MR) is 93.8 cm³/mol. The molecule has 4 nitrogen and oxygen atoms in total. The fraction of sp³-hybridized carbons (Fsp3) is 0.611. The van der Waals surface area contributed by atoms with Crippen molar-refractivity contribution in [2.24, 2.45) is 0 Å². The number of carbonyl (C=O) groups excluding carboxylic acids is 1. The topological polar surface area (TPSA) is 58.4 Å². The fourth-order valence-corrected chi connectivity index (χ4v) is 2.59. The minimum absolute atomic E-state index is 0.110. The van der Waals surface area contributed by atoms with E-state index >= 15 is 0 Å². The molecule has 0 saturated heterocycles. The number of hydrogen-bond donors (Lipinski definition) is 2. The highest BCUT2D eigenvalue weighted by Gasteiger charge is 2.09. The van der Waals surface area contributed by atoms with E-state index in [1.165, 1.54) is 0 Å². The smallest absolute Gasteiger partial charge is 0.220 e. The first-order chi connectivity index (χ1) is 10.6. The zero-order valence-corrected chi connectivity index (χ0v) is 14.3. The molecule has 124 valence electrons.